The maximum Gasteiger partial charge on any atom is 0.384 e. The van der Waals surface area contributed by atoms with Crippen LogP contribution in [0.25, 0.3) is 0 Å². The Kier molecular flexibility index (Phi) is 3.81. The maximum absolute atomic E-state index is 13.0. The molecule has 2 nitrogen and oxygen atoms in total. The van der Waals surface area contributed by atoms with Gasteiger partial charge in [-0.05, 0) is 6.07 Å². The third-order valence-electron chi connectivity index (χ3n) is 1.69. The second-order valence-corrected chi connectivity index (χ2v) is 2.68. The highest BCUT2D eigenvalue weighted by Crippen LogP contribution is 2.11. The Hall–Kier alpha value is -1.89. The van der Waals surface area contributed by atoms with Crippen LogP contribution in [0, 0.1) is 23.5 Å². The molecule has 0 spiro atoms. The van der Waals surface area contributed by atoms with Crippen molar-refractivity contribution in [1.82, 2.24) is 0 Å². The predicted molar refractivity (Wildman–Crippen MR) is 49.9 cm³/mol. The van der Waals surface area contributed by atoms with Crippen molar-refractivity contribution in [2.75, 3.05) is 7.11 Å². The van der Waals surface area contributed by atoms with E-state index >= 15 is 0 Å². The van der Waals surface area contributed by atoms with Gasteiger partial charge in [0.2, 0.25) is 0 Å². The zero-order valence-electron chi connectivity index (χ0n) is 8.01. The monoisotopic (exact) mass is 210 g/mol. The molecule has 0 aliphatic heterocycles. The summed E-state index contributed by atoms with van der Waals surface area (Å²) in [5.41, 5.74) is 0.117. The molecule has 1 aromatic carbocycles. The topological polar surface area (TPSA) is 26.3 Å². The molecular weight excluding hydrogens is 202 g/mol. The highest BCUT2D eigenvalue weighted by molar-refractivity contribution is 5.88. The molecule has 0 bridgehead atoms. The summed E-state index contributed by atoms with van der Waals surface area (Å²) in [6.07, 6.45) is -0.0291. The van der Waals surface area contributed by atoms with Gasteiger partial charge in [0.25, 0.3) is 0 Å². The minimum Gasteiger partial charge on any atom is -0.459 e. The van der Waals surface area contributed by atoms with Crippen LogP contribution in [0.4, 0.5) is 8.78 Å². The molecule has 0 saturated heterocycles. The number of hydrogen-bond acceptors (Lipinski definition) is 2. The number of hydrogen-bond donors (Lipinski definition) is 0. The molecule has 0 radical (unpaired) electrons. The molecular formula is C11H8F2O2. The van der Waals surface area contributed by atoms with Gasteiger partial charge in [0.15, 0.2) is 11.6 Å². The van der Waals surface area contributed by atoms with E-state index in [0.29, 0.717) is 0 Å². The van der Waals surface area contributed by atoms with Crippen LogP contribution in [-0.2, 0) is 16.0 Å². The van der Waals surface area contributed by atoms with Crippen molar-refractivity contribution in [3.63, 3.8) is 0 Å². The molecule has 15 heavy (non-hydrogen) atoms. The molecule has 0 fully saturated rings. The number of carbonyl (C=O) groups excluding carboxylic acids is 1. The number of rotatable bonds is 1. The van der Waals surface area contributed by atoms with Crippen molar-refractivity contribution in [1.29, 1.82) is 0 Å². The molecule has 4 heteroatoms. The lowest BCUT2D eigenvalue weighted by molar-refractivity contribution is -0.133. The van der Waals surface area contributed by atoms with E-state index in [0.717, 1.165) is 6.07 Å². The van der Waals surface area contributed by atoms with Crippen LogP contribution < -0.4 is 0 Å². The largest absolute Gasteiger partial charge is 0.459 e. The number of halogens is 2. The fourth-order valence-corrected chi connectivity index (χ4v) is 0.948. The summed E-state index contributed by atoms with van der Waals surface area (Å²) in [7, 11) is 1.19. The van der Waals surface area contributed by atoms with Crippen molar-refractivity contribution < 1.29 is 18.3 Å². The van der Waals surface area contributed by atoms with Crippen LogP contribution in [0.15, 0.2) is 18.2 Å². The first-order valence-electron chi connectivity index (χ1n) is 4.15. The molecule has 0 aromatic heterocycles. The predicted octanol–water partition coefficient (Wildman–Crippen LogP) is 1.68. The third-order valence-corrected chi connectivity index (χ3v) is 1.69. The average molecular weight is 210 g/mol. The van der Waals surface area contributed by atoms with E-state index in [1.807, 2.05) is 0 Å². The fraction of sp³-hybridized carbons (Fsp3) is 0.182. The van der Waals surface area contributed by atoms with Gasteiger partial charge < -0.3 is 4.74 Å². The molecule has 0 unspecified atom stereocenters. The number of carbonyl (C=O) groups is 1. The van der Waals surface area contributed by atoms with Crippen LogP contribution >= 0.6 is 0 Å². The van der Waals surface area contributed by atoms with Crippen LogP contribution in [0.5, 0.6) is 0 Å². The van der Waals surface area contributed by atoms with E-state index in [1.165, 1.54) is 19.2 Å². The molecule has 1 rings (SSSR count). The van der Waals surface area contributed by atoms with Crippen molar-refractivity contribution in [2.45, 2.75) is 6.42 Å². The Balaban J connectivity index is 2.76. The SMILES string of the molecule is COC(=O)C#CCc1cccc(F)c1F. The minimum atomic E-state index is -0.934. The summed E-state index contributed by atoms with van der Waals surface area (Å²) < 4.78 is 30.0. The Labute approximate surface area is 85.9 Å². The van der Waals surface area contributed by atoms with Gasteiger partial charge in [-0.25, -0.2) is 13.6 Å². The summed E-state index contributed by atoms with van der Waals surface area (Å²) in [6, 6.07) is 3.81. The van der Waals surface area contributed by atoms with Gasteiger partial charge in [0.05, 0.1) is 7.11 Å². The first-order chi connectivity index (χ1) is 7.15. The van der Waals surface area contributed by atoms with E-state index in [1.54, 1.807) is 0 Å². The highest BCUT2D eigenvalue weighted by atomic mass is 19.2. The van der Waals surface area contributed by atoms with Gasteiger partial charge in [-0.3, -0.25) is 0 Å². The number of methoxy groups -OCH3 is 1. The first kappa shape index (κ1) is 11.2. The molecule has 0 aliphatic rings. The van der Waals surface area contributed by atoms with E-state index in [4.69, 9.17) is 0 Å². The van der Waals surface area contributed by atoms with E-state index in [9.17, 15) is 13.6 Å². The summed E-state index contributed by atoms with van der Waals surface area (Å²) in [6.45, 7) is 0. The molecule has 0 N–H and O–H groups in total. The molecule has 0 atom stereocenters. The average Bonchev–Trinajstić information content (AvgIpc) is 2.24. The lowest BCUT2D eigenvalue weighted by Gasteiger charge is -1.97. The van der Waals surface area contributed by atoms with Crippen LogP contribution in [0.1, 0.15) is 5.56 Å². The van der Waals surface area contributed by atoms with Crippen LogP contribution in [0.2, 0.25) is 0 Å². The standard InChI is InChI=1S/C11H8F2O2/c1-15-10(14)7-3-5-8-4-2-6-9(12)11(8)13/h2,4,6H,5H2,1H3. The van der Waals surface area contributed by atoms with E-state index < -0.39 is 17.6 Å². The first-order valence-corrected chi connectivity index (χ1v) is 4.15. The Morgan fingerprint density at radius 2 is 2.20 bits per heavy atom. The van der Waals surface area contributed by atoms with Gasteiger partial charge in [0, 0.05) is 17.9 Å². The van der Waals surface area contributed by atoms with Crippen molar-refractivity contribution in [3.05, 3.63) is 35.4 Å². The second-order valence-electron chi connectivity index (χ2n) is 2.68. The number of benzene rings is 1. The Morgan fingerprint density at radius 3 is 2.87 bits per heavy atom. The lowest BCUT2D eigenvalue weighted by atomic mass is 10.1. The Bertz CT molecular complexity index is 430. The summed E-state index contributed by atoms with van der Waals surface area (Å²) >= 11 is 0. The molecule has 78 valence electrons. The van der Waals surface area contributed by atoms with Crippen molar-refractivity contribution in [3.8, 4) is 11.8 Å². The van der Waals surface area contributed by atoms with E-state index in [-0.39, 0.29) is 12.0 Å². The quantitative estimate of drug-likeness (QED) is 0.400. The van der Waals surface area contributed by atoms with Crippen molar-refractivity contribution >= 4 is 5.97 Å². The molecule has 0 aliphatic carbocycles. The van der Waals surface area contributed by atoms with Gasteiger partial charge in [0.1, 0.15) is 0 Å². The van der Waals surface area contributed by atoms with Gasteiger partial charge in [-0.1, -0.05) is 18.1 Å². The summed E-state index contributed by atoms with van der Waals surface area (Å²) in [5.74, 6) is 1.96. The highest BCUT2D eigenvalue weighted by Gasteiger charge is 2.05. The Morgan fingerprint density at radius 1 is 1.47 bits per heavy atom. The number of esters is 1. The smallest absolute Gasteiger partial charge is 0.384 e. The fourth-order valence-electron chi connectivity index (χ4n) is 0.948. The zero-order chi connectivity index (χ0) is 11.3. The van der Waals surface area contributed by atoms with Crippen LogP contribution in [0.3, 0.4) is 0 Å². The lowest BCUT2D eigenvalue weighted by Crippen LogP contribution is -1.96. The third kappa shape index (κ3) is 3.06. The van der Waals surface area contributed by atoms with Gasteiger partial charge >= 0.3 is 5.97 Å². The maximum atomic E-state index is 13.0. The second kappa shape index (κ2) is 5.11. The zero-order valence-corrected chi connectivity index (χ0v) is 8.01. The molecule has 1 aromatic rings. The summed E-state index contributed by atoms with van der Waals surface area (Å²) in [4.78, 5) is 10.6. The molecule has 0 amide bonds. The summed E-state index contributed by atoms with van der Waals surface area (Å²) in [5, 5.41) is 0. The molecule has 0 saturated carbocycles. The van der Waals surface area contributed by atoms with Crippen LogP contribution in [-0.4, -0.2) is 13.1 Å². The molecule has 0 heterocycles. The normalized spacial score (nSPS) is 9.00. The number of ether oxygens (including phenoxy) is 1. The van der Waals surface area contributed by atoms with Crippen molar-refractivity contribution in [2.24, 2.45) is 0 Å². The van der Waals surface area contributed by atoms with Gasteiger partial charge in [-0.15, -0.1) is 0 Å². The minimum absolute atomic E-state index is 0.0291. The van der Waals surface area contributed by atoms with Gasteiger partial charge in [-0.2, -0.15) is 0 Å². The van der Waals surface area contributed by atoms with E-state index in [2.05, 4.69) is 16.6 Å².